The summed E-state index contributed by atoms with van der Waals surface area (Å²) in [5.74, 6) is 1.06. The van der Waals surface area contributed by atoms with E-state index in [1.807, 2.05) is 31.2 Å². The van der Waals surface area contributed by atoms with Crippen LogP contribution in [0.15, 0.2) is 29.3 Å². The van der Waals surface area contributed by atoms with Gasteiger partial charge in [0.05, 0.1) is 13.4 Å². The number of hydrogen-bond donors (Lipinski definition) is 2. The highest BCUT2D eigenvalue weighted by Crippen LogP contribution is 2.14. The summed E-state index contributed by atoms with van der Waals surface area (Å²) in [6.45, 7) is 3.17. The molecule has 1 rings (SSSR count). The first kappa shape index (κ1) is 18.2. The Morgan fingerprint density at radius 2 is 2.00 bits per heavy atom. The van der Waals surface area contributed by atoms with E-state index in [1.165, 1.54) is 10.6 Å². The van der Waals surface area contributed by atoms with Gasteiger partial charge in [0.1, 0.15) is 5.75 Å². The van der Waals surface area contributed by atoms with Crippen LogP contribution in [0.2, 0.25) is 0 Å². The predicted octanol–water partition coefficient (Wildman–Crippen LogP) is 1.09. The number of nitrogens with two attached hydrogens (primary N) is 1. The number of guanidine groups is 1. The molecule has 0 aliphatic heterocycles. The smallest absolute Gasteiger partial charge is 0.211 e. The van der Waals surface area contributed by atoms with E-state index in [1.54, 1.807) is 7.11 Å². The Morgan fingerprint density at radius 3 is 2.50 bits per heavy atom. The number of nitrogens with zero attached hydrogens (tertiary/aromatic N) is 2. The molecule has 22 heavy (non-hydrogen) atoms. The zero-order valence-electron chi connectivity index (χ0n) is 13.2. The summed E-state index contributed by atoms with van der Waals surface area (Å²) in [4.78, 5) is 4.18. The molecule has 1 aromatic carbocycles. The number of aliphatic imine (C=N–C) groups is 1. The molecule has 8 heteroatoms. The Labute approximate surface area is 132 Å². The second-order valence-electron chi connectivity index (χ2n) is 4.73. The maximum Gasteiger partial charge on any atom is 0.211 e. The fourth-order valence-corrected chi connectivity index (χ4v) is 2.80. The van der Waals surface area contributed by atoms with Crippen molar-refractivity contribution < 1.29 is 13.2 Å². The number of rotatable bonds is 8. The highest BCUT2D eigenvalue weighted by atomic mass is 32.2. The normalized spacial score (nSPS) is 12.5. The number of ether oxygens (including phenoxy) is 1. The van der Waals surface area contributed by atoms with Crippen LogP contribution in [0.4, 0.5) is 5.69 Å². The predicted molar refractivity (Wildman–Crippen MR) is 89.8 cm³/mol. The molecule has 0 atom stereocenters. The van der Waals surface area contributed by atoms with Crippen LogP contribution in [0, 0.1) is 0 Å². The molecule has 0 saturated heterocycles. The van der Waals surface area contributed by atoms with E-state index in [-0.39, 0.29) is 0 Å². The second kappa shape index (κ2) is 8.60. The van der Waals surface area contributed by atoms with E-state index in [4.69, 9.17) is 10.5 Å². The molecular weight excluding hydrogens is 304 g/mol. The lowest BCUT2D eigenvalue weighted by atomic mass is 10.3. The zero-order chi connectivity index (χ0) is 16.6. The van der Waals surface area contributed by atoms with Gasteiger partial charge in [0.2, 0.25) is 10.0 Å². The summed E-state index contributed by atoms with van der Waals surface area (Å²) < 4.78 is 29.3. The first-order chi connectivity index (χ1) is 10.4. The SMILES string of the molecule is CCN(CCCN=C(N)Nc1ccc(OC)cc1)S(C)(=O)=O. The molecule has 0 fully saturated rings. The van der Waals surface area contributed by atoms with Gasteiger partial charge < -0.3 is 15.8 Å². The molecule has 0 saturated carbocycles. The molecule has 0 spiro atoms. The van der Waals surface area contributed by atoms with Gasteiger partial charge in [-0.15, -0.1) is 0 Å². The third kappa shape index (κ3) is 6.31. The van der Waals surface area contributed by atoms with Crippen molar-refractivity contribution in [3.8, 4) is 5.75 Å². The number of nitrogens with one attached hydrogen (secondary N) is 1. The number of benzene rings is 1. The molecule has 0 aromatic heterocycles. The summed E-state index contributed by atoms with van der Waals surface area (Å²) in [5, 5.41) is 2.97. The minimum atomic E-state index is -3.14. The molecular formula is C14H24N4O3S. The molecule has 0 unspecified atom stereocenters. The summed E-state index contributed by atoms with van der Waals surface area (Å²) in [6.07, 6.45) is 1.82. The number of sulfonamides is 1. The Kier molecular flexibility index (Phi) is 7.13. The fourth-order valence-electron chi connectivity index (χ4n) is 1.87. The summed E-state index contributed by atoms with van der Waals surface area (Å²) in [5.41, 5.74) is 6.60. The maximum absolute atomic E-state index is 11.4. The van der Waals surface area contributed by atoms with Gasteiger partial charge in [0.25, 0.3) is 0 Å². The van der Waals surface area contributed by atoms with Crippen LogP contribution in [-0.4, -0.2) is 51.7 Å². The molecule has 7 nitrogen and oxygen atoms in total. The van der Waals surface area contributed by atoms with Crippen LogP contribution in [0.5, 0.6) is 5.75 Å². The van der Waals surface area contributed by atoms with Gasteiger partial charge in [-0.2, -0.15) is 0 Å². The lowest BCUT2D eigenvalue weighted by Crippen LogP contribution is -2.31. The molecule has 0 radical (unpaired) electrons. The molecule has 0 heterocycles. The van der Waals surface area contributed by atoms with E-state index >= 15 is 0 Å². The van der Waals surface area contributed by atoms with Crippen molar-refractivity contribution in [1.29, 1.82) is 0 Å². The van der Waals surface area contributed by atoms with E-state index in [9.17, 15) is 8.42 Å². The van der Waals surface area contributed by atoms with E-state index in [2.05, 4.69) is 10.3 Å². The third-order valence-electron chi connectivity index (χ3n) is 3.03. The molecule has 0 aliphatic carbocycles. The van der Waals surface area contributed by atoms with Gasteiger partial charge in [-0.25, -0.2) is 12.7 Å². The average molecular weight is 328 g/mol. The van der Waals surface area contributed by atoms with E-state index in [0.29, 0.717) is 32.0 Å². The highest BCUT2D eigenvalue weighted by Gasteiger charge is 2.12. The van der Waals surface area contributed by atoms with Gasteiger partial charge in [-0.05, 0) is 30.7 Å². The average Bonchev–Trinajstić information content (AvgIpc) is 2.46. The standard InChI is InChI=1S/C14H24N4O3S/c1-4-18(22(3,19)20)11-5-10-16-14(15)17-12-6-8-13(21-2)9-7-12/h6-9H,4-5,10-11H2,1-3H3,(H3,15,16,17). The van der Waals surface area contributed by atoms with Gasteiger partial charge in [-0.1, -0.05) is 6.92 Å². The zero-order valence-corrected chi connectivity index (χ0v) is 14.1. The molecule has 1 aromatic rings. The maximum atomic E-state index is 11.4. The lowest BCUT2D eigenvalue weighted by molar-refractivity contribution is 0.415. The minimum absolute atomic E-state index is 0.299. The largest absolute Gasteiger partial charge is 0.497 e. The third-order valence-corrected chi connectivity index (χ3v) is 4.41. The monoisotopic (exact) mass is 328 g/mol. The van der Waals surface area contributed by atoms with Crippen molar-refractivity contribution in [3.63, 3.8) is 0 Å². The van der Waals surface area contributed by atoms with Crippen LogP contribution in [-0.2, 0) is 10.0 Å². The Balaban J connectivity index is 2.42. The van der Waals surface area contributed by atoms with E-state index < -0.39 is 10.0 Å². The van der Waals surface area contributed by atoms with Crippen molar-refractivity contribution in [2.45, 2.75) is 13.3 Å². The highest BCUT2D eigenvalue weighted by molar-refractivity contribution is 7.88. The van der Waals surface area contributed by atoms with Crippen LogP contribution < -0.4 is 15.8 Å². The van der Waals surface area contributed by atoms with Gasteiger partial charge in [0, 0.05) is 25.3 Å². The van der Waals surface area contributed by atoms with Crippen LogP contribution >= 0.6 is 0 Å². The summed E-state index contributed by atoms with van der Waals surface area (Å²) in [6, 6.07) is 7.31. The summed E-state index contributed by atoms with van der Waals surface area (Å²) >= 11 is 0. The lowest BCUT2D eigenvalue weighted by Gasteiger charge is -2.16. The summed E-state index contributed by atoms with van der Waals surface area (Å²) in [7, 11) is -1.54. The van der Waals surface area contributed by atoms with Crippen LogP contribution in [0.3, 0.4) is 0 Å². The number of hydrogen-bond acceptors (Lipinski definition) is 4. The molecule has 124 valence electrons. The van der Waals surface area contributed by atoms with Crippen molar-refractivity contribution in [1.82, 2.24) is 4.31 Å². The van der Waals surface area contributed by atoms with Crippen LogP contribution in [0.1, 0.15) is 13.3 Å². The van der Waals surface area contributed by atoms with Crippen molar-refractivity contribution >= 4 is 21.7 Å². The Hall–Kier alpha value is -1.80. The Morgan fingerprint density at radius 1 is 1.36 bits per heavy atom. The van der Waals surface area contributed by atoms with Gasteiger partial charge in [0.15, 0.2) is 5.96 Å². The first-order valence-electron chi connectivity index (χ1n) is 7.03. The van der Waals surface area contributed by atoms with Crippen molar-refractivity contribution in [2.75, 3.05) is 38.3 Å². The number of methoxy groups -OCH3 is 1. The van der Waals surface area contributed by atoms with Crippen molar-refractivity contribution in [2.24, 2.45) is 10.7 Å². The Bertz CT molecular complexity index is 585. The topological polar surface area (TPSA) is 97.0 Å². The van der Waals surface area contributed by atoms with Gasteiger partial charge >= 0.3 is 0 Å². The fraction of sp³-hybridized carbons (Fsp3) is 0.500. The van der Waals surface area contributed by atoms with Crippen molar-refractivity contribution in [3.05, 3.63) is 24.3 Å². The van der Waals surface area contributed by atoms with Gasteiger partial charge in [-0.3, -0.25) is 4.99 Å². The quantitative estimate of drug-likeness (QED) is 0.423. The van der Waals surface area contributed by atoms with E-state index in [0.717, 1.165) is 11.4 Å². The molecule has 3 N–H and O–H groups in total. The van der Waals surface area contributed by atoms with Crippen LogP contribution in [0.25, 0.3) is 0 Å². The number of anilines is 1. The molecule has 0 amide bonds. The second-order valence-corrected chi connectivity index (χ2v) is 6.71. The first-order valence-corrected chi connectivity index (χ1v) is 8.87. The molecule has 0 bridgehead atoms. The minimum Gasteiger partial charge on any atom is -0.497 e. The molecule has 0 aliphatic rings.